The highest BCUT2D eigenvalue weighted by molar-refractivity contribution is 5.98. The van der Waals surface area contributed by atoms with E-state index < -0.39 is 17.6 Å². The summed E-state index contributed by atoms with van der Waals surface area (Å²) in [6.45, 7) is 11.5. The summed E-state index contributed by atoms with van der Waals surface area (Å²) >= 11 is 0. The van der Waals surface area contributed by atoms with Crippen molar-refractivity contribution in [2.24, 2.45) is 11.8 Å². The summed E-state index contributed by atoms with van der Waals surface area (Å²) in [5.74, 6) is 2.59. The van der Waals surface area contributed by atoms with E-state index in [2.05, 4.69) is 11.2 Å². The highest BCUT2D eigenvalue weighted by atomic mass is 16.2. The molecule has 4 heteroatoms. The number of hydrogen-bond donors (Lipinski definition) is 1. The van der Waals surface area contributed by atoms with Gasteiger partial charge >= 0.3 is 0 Å². The monoisotopic (exact) mass is 278 g/mol. The lowest BCUT2D eigenvalue weighted by atomic mass is 9.87. The molecule has 1 aliphatic rings. The van der Waals surface area contributed by atoms with Crippen molar-refractivity contribution >= 4 is 11.8 Å². The molecule has 1 saturated heterocycles. The largest absolute Gasteiger partial charge is 0.342 e. The highest BCUT2D eigenvalue weighted by Gasteiger charge is 2.48. The van der Waals surface area contributed by atoms with Crippen LogP contribution in [0.1, 0.15) is 48.0 Å². The molecule has 0 radical (unpaired) electrons. The minimum Gasteiger partial charge on any atom is -0.342 e. The van der Waals surface area contributed by atoms with Crippen molar-refractivity contribution < 1.29 is 9.59 Å². The number of amides is 2. The Morgan fingerprint density at radius 1 is 1.35 bits per heavy atom. The van der Waals surface area contributed by atoms with Gasteiger partial charge in [-0.15, -0.1) is 6.42 Å². The van der Waals surface area contributed by atoms with Gasteiger partial charge in [0.25, 0.3) is 0 Å². The van der Waals surface area contributed by atoms with Gasteiger partial charge in [-0.25, -0.2) is 0 Å². The van der Waals surface area contributed by atoms with Crippen molar-refractivity contribution in [3.05, 3.63) is 0 Å². The van der Waals surface area contributed by atoms with Crippen LogP contribution in [-0.4, -0.2) is 34.3 Å². The van der Waals surface area contributed by atoms with Gasteiger partial charge in [0.1, 0.15) is 12.1 Å². The van der Waals surface area contributed by atoms with Crippen LogP contribution in [0.5, 0.6) is 0 Å². The molecule has 1 N–H and O–H groups in total. The molecule has 0 spiro atoms. The van der Waals surface area contributed by atoms with Crippen LogP contribution in [0.3, 0.4) is 0 Å². The molecule has 1 aliphatic heterocycles. The smallest absolute Gasteiger partial charge is 0.247 e. The van der Waals surface area contributed by atoms with Gasteiger partial charge < -0.3 is 10.2 Å². The van der Waals surface area contributed by atoms with Gasteiger partial charge in [0.2, 0.25) is 11.8 Å². The van der Waals surface area contributed by atoms with Crippen LogP contribution in [0.4, 0.5) is 0 Å². The Morgan fingerprint density at radius 3 is 2.30 bits per heavy atom. The molecule has 4 nitrogen and oxygen atoms in total. The Balaban J connectivity index is 3.26. The molecule has 1 heterocycles. The van der Waals surface area contributed by atoms with Gasteiger partial charge in [0.15, 0.2) is 0 Å². The first kappa shape index (κ1) is 16.6. The second-order valence-electron chi connectivity index (χ2n) is 6.47. The summed E-state index contributed by atoms with van der Waals surface area (Å²) in [6, 6.07) is -0.982. The quantitative estimate of drug-likeness (QED) is 0.797. The van der Waals surface area contributed by atoms with E-state index in [-0.39, 0.29) is 23.7 Å². The van der Waals surface area contributed by atoms with Crippen molar-refractivity contribution in [1.29, 1.82) is 0 Å². The first-order chi connectivity index (χ1) is 9.17. The third kappa shape index (κ3) is 2.82. The standard InChI is InChI=1S/C16H26N2O2/c1-8-11(5)12-15(20)18(16(6,7)9-2)13(10(3)4)14(19)17-12/h2,10-13H,8H2,1,3-7H3,(H,17,19). The number of carbonyl (C=O) groups is 2. The summed E-state index contributed by atoms with van der Waals surface area (Å²) in [7, 11) is 0. The van der Waals surface area contributed by atoms with Crippen LogP contribution < -0.4 is 5.32 Å². The molecule has 0 aromatic heterocycles. The molecule has 0 aromatic rings. The third-order valence-electron chi connectivity index (χ3n) is 4.15. The summed E-state index contributed by atoms with van der Waals surface area (Å²) < 4.78 is 0. The molecule has 0 aliphatic carbocycles. The van der Waals surface area contributed by atoms with Crippen molar-refractivity contribution in [1.82, 2.24) is 10.2 Å². The van der Waals surface area contributed by atoms with Crippen LogP contribution in [-0.2, 0) is 9.59 Å². The molecule has 20 heavy (non-hydrogen) atoms. The molecular weight excluding hydrogens is 252 g/mol. The van der Waals surface area contributed by atoms with Crippen molar-refractivity contribution in [2.75, 3.05) is 0 Å². The van der Waals surface area contributed by atoms with Crippen molar-refractivity contribution in [3.63, 3.8) is 0 Å². The lowest BCUT2D eigenvalue weighted by molar-refractivity contribution is -0.157. The molecule has 112 valence electrons. The summed E-state index contributed by atoms with van der Waals surface area (Å²) in [5, 5.41) is 2.88. The zero-order valence-electron chi connectivity index (χ0n) is 13.4. The molecule has 3 unspecified atom stereocenters. The average Bonchev–Trinajstić information content (AvgIpc) is 2.38. The molecule has 1 fully saturated rings. The van der Waals surface area contributed by atoms with Gasteiger partial charge in [0, 0.05) is 0 Å². The zero-order chi connectivity index (χ0) is 15.7. The third-order valence-corrected chi connectivity index (χ3v) is 4.15. The normalized spacial score (nSPS) is 25.4. The Labute approximate surface area is 122 Å². The maximum atomic E-state index is 12.8. The predicted octanol–water partition coefficient (Wildman–Crippen LogP) is 1.80. The molecule has 0 bridgehead atoms. The zero-order valence-corrected chi connectivity index (χ0v) is 13.4. The molecule has 3 atom stereocenters. The molecule has 0 aromatic carbocycles. The van der Waals surface area contributed by atoms with E-state index in [4.69, 9.17) is 6.42 Å². The second kappa shape index (κ2) is 5.87. The topological polar surface area (TPSA) is 49.4 Å². The van der Waals surface area contributed by atoms with E-state index in [9.17, 15) is 9.59 Å². The molecular formula is C16H26N2O2. The van der Waals surface area contributed by atoms with Crippen molar-refractivity contribution in [2.45, 2.75) is 65.6 Å². The van der Waals surface area contributed by atoms with Gasteiger partial charge in [-0.3, -0.25) is 9.59 Å². The predicted molar refractivity (Wildman–Crippen MR) is 79.8 cm³/mol. The lowest BCUT2D eigenvalue weighted by Gasteiger charge is -2.48. The summed E-state index contributed by atoms with van der Waals surface area (Å²) in [5.41, 5.74) is -0.768. The SMILES string of the molecule is C#CC(C)(C)N1C(=O)C(C(C)CC)NC(=O)C1C(C)C. The number of nitrogens with zero attached hydrogens (tertiary/aromatic N) is 1. The molecule has 0 saturated carbocycles. The maximum absolute atomic E-state index is 12.8. The Hall–Kier alpha value is -1.50. The lowest BCUT2D eigenvalue weighted by Crippen LogP contribution is -2.70. The Bertz CT molecular complexity index is 434. The first-order valence-corrected chi connectivity index (χ1v) is 7.28. The number of rotatable bonds is 4. The minimum absolute atomic E-state index is 0.0180. The first-order valence-electron chi connectivity index (χ1n) is 7.28. The average molecular weight is 278 g/mol. The van der Waals surface area contributed by atoms with Gasteiger partial charge in [-0.05, 0) is 25.7 Å². The maximum Gasteiger partial charge on any atom is 0.247 e. The Morgan fingerprint density at radius 2 is 1.90 bits per heavy atom. The molecule has 1 rings (SSSR count). The van der Waals surface area contributed by atoms with Crippen LogP contribution in [0, 0.1) is 24.2 Å². The number of carbonyl (C=O) groups excluding carboxylic acids is 2. The fourth-order valence-corrected chi connectivity index (χ4v) is 2.62. The number of hydrogen-bond acceptors (Lipinski definition) is 2. The van der Waals surface area contributed by atoms with E-state index in [0.29, 0.717) is 0 Å². The van der Waals surface area contributed by atoms with E-state index >= 15 is 0 Å². The van der Waals surface area contributed by atoms with Crippen LogP contribution in [0.2, 0.25) is 0 Å². The highest BCUT2D eigenvalue weighted by Crippen LogP contribution is 2.28. The second-order valence-corrected chi connectivity index (χ2v) is 6.47. The van der Waals surface area contributed by atoms with E-state index in [1.165, 1.54) is 0 Å². The van der Waals surface area contributed by atoms with Crippen LogP contribution >= 0.6 is 0 Å². The minimum atomic E-state index is -0.768. The van der Waals surface area contributed by atoms with Crippen LogP contribution in [0.15, 0.2) is 0 Å². The molecule has 2 amide bonds. The van der Waals surface area contributed by atoms with E-state index in [0.717, 1.165) is 6.42 Å². The summed E-state index contributed by atoms with van der Waals surface area (Å²) in [4.78, 5) is 26.8. The van der Waals surface area contributed by atoms with Gasteiger partial charge in [0.05, 0.1) is 5.54 Å². The fourth-order valence-electron chi connectivity index (χ4n) is 2.62. The van der Waals surface area contributed by atoms with Gasteiger partial charge in [-0.1, -0.05) is 40.0 Å². The van der Waals surface area contributed by atoms with Gasteiger partial charge in [-0.2, -0.15) is 0 Å². The van der Waals surface area contributed by atoms with Crippen LogP contribution in [0.25, 0.3) is 0 Å². The fraction of sp³-hybridized carbons (Fsp3) is 0.750. The van der Waals surface area contributed by atoms with Crippen molar-refractivity contribution in [3.8, 4) is 12.3 Å². The summed E-state index contributed by atoms with van der Waals surface area (Å²) in [6.07, 6.45) is 6.41. The van der Waals surface area contributed by atoms with E-state index in [1.54, 1.807) is 4.90 Å². The number of nitrogens with one attached hydrogen (secondary N) is 1. The number of terminal acetylenes is 1. The van der Waals surface area contributed by atoms with E-state index in [1.807, 2.05) is 41.5 Å². The number of piperazine rings is 1. The Kier molecular flexibility index (Phi) is 4.86.